The summed E-state index contributed by atoms with van der Waals surface area (Å²) in [7, 11) is 0. The predicted octanol–water partition coefficient (Wildman–Crippen LogP) is 0.872. The molecule has 2 N–H and O–H groups in total. The number of hydrogen-bond acceptors (Lipinski definition) is 4. The highest BCUT2D eigenvalue weighted by molar-refractivity contribution is 4.86. The molecule has 0 aliphatic rings. The quantitative estimate of drug-likeness (QED) is 0.816. The van der Waals surface area contributed by atoms with Crippen LogP contribution in [-0.2, 0) is 6.54 Å². The van der Waals surface area contributed by atoms with Gasteiger partial charge in [0.25, 0.3) is 0 Å². The van der Waals surface area contributed by atoms with Crippen LogP contribution in [0.3, 0.4) is 0 Å². The van der Waals surface area contributed by atoms with E-state index in [9.17, 15) is 13.2 Å². The molecule has 0 aliphatic heterocycles. The summed E-state index contributed by atoms with van der Waals surface area (Å²) in [6, 6.07) is 0.0850. The lowest BCUT2D eigenvalue weighted by Crippen LogP contribution is -2.38. The van der Waals surface area contributed by atoms with E-state index in [4.69, 9.17) is 5.11 Å². The monoisotopic (exact) mass is 252 g/mol. The van der Waals surface area contributed by atoms with Crippen LogP contribution in [0.4, 0.5) is 13.2 Å². The van der Waals surface area contributed by atoms with Crippen molar-refractivity contribution in [2.75, 3.05) is 6.54 Å². The maximum absolute atomic E-state index is 12.0. The van der Waals surface area contributed by atoms with Gasteiger partial charge in [0.05, 0.1) is 6.54 Å². The molecule has 0 aromatic carbocycles. The van der Waals surface area contributed by atoms with E-state index < -0.39 is 18.8 Å². The molecular formula is C9H15F3N4O. The summed E-state index contributed by atoms with van der Waals surface area (Å²) in [5.74, 6) is 0.536. The Morgan fingerprint density at radius 3 is 2.65 bits per heavy atom. The molecule has 8 heteroatoms. The van der Waals surface area contributed by atoms with Crippen LogP contribution in [0.1, 0.15) is 25.7 Å². The van der Waals surface area contributed by atoms with Gasteiger partial charge in [0.2, 0.25) is 0 Å². The largest absolute Gasteiger partial charge is 0.415 e. The molecule has 5 nitrogen and oxygen atoms in total. The fourth-order valence-corrected chi connectivity index (χ4v) is 1.27. The molecule has 0 saturated carbocycles. The van der Waals surface area contributed by atoms with Crippen LogP contribution in [0, 0.1) is 0 Å². The number of aromatic nitrogens is 3. The number of nitrogens with zero attached hydrogens (tertiary/aromatic N) is 3. The molecule has 1 unspecified atom stereocenters. The summed E-state index contributed by atoms with van der Waals surface area (Å²) in [5, 5.41) is 15.2. The van der Waals surface area contributed by atoms with Crippen molar-refractivity contribution in [3.8, 4) is 0 Å². The second-order valence-corrected chi connectivity index (χ2v) is 3.90. The van der Waals surface area contributed by atoms with E-state index in [1.54, 1.807) is 4.68 Å². The highest BCUT2D eigenvalue weighted by atomic mass is 19.4. The van der Waals surface area contributed by atoms with E-state index in [-0.39, 0.29) is 12.6 Å². The van der Waals surface area contributed by atoms with Gasteiger partial charge in [-0.1, -0.05) is 0 Å². The molecule has 1 heterocycles. The smallest absolute Gasteiger partial charge is 0.382 e. The summed E-state index contributed by atoms with van der Waals surface area (Å²) in [5.41, 5.74) is 0. The third-order valence-corrected chi connectivity index (χ3v) is 2.14. The number of nitrogens with one attached hydrogen (secondary N) is 1. The molecule has 1 aromatic heterocycles. The summed E-state index contributed by atoms with van der Waals surface area (Å²) in [6.07, 6.45) is -5.62. The third kappa shape index (κ3) is 3.97. The van der Waals surface area contributed by atoms with Crippen molar-refractivity contribution in [3.63, 3.8) is 0 Å². The van der Waals surface area contributed by atoms with Gasteiger partial charge < -0.3 is 10.4 Å². The Bertz CT molecular complexity index is 350. The van der Waals surface area contributed by atoms with Crippen molar-refractivity contribution in [2.45, 2.75) is 38.7 Å². The van der Waals surface area contributed by atoms with Crippen LogP contribution in [0.2, 0.25) is 0 Å². The fraction of sp³-hybridized carbons (Fsp3) is 0.778. The maximum Gasteiger partial charge on any atom is 0.415 e. The van der Waals surface area contributed by atoms with Gasteiger partial charge in [-0.15, -0.1) is 0 Å². The molecule has 0 amide bonds. The van der Waals surface area contributed by atoms with Crippen LogP contribution >= 0.6 is 0 Å². The van der Waals surface area contributed by atoms with Gasteiger partial charge in [-0.2, -0.15) is 18.3 Å². The first-order valence-electron chi connectivity index (χ1n) is 5.16. The van der Waals surface area contributed by atoms with Gasteiger partial charge in [0.15, 0.2) is 6.10 Å². The summed E-state index contributed by atoms with van der Waals surface area (Å²) < 4.78 is 37.6. The van der Waals surface area contributed by atoms with Crippen LogP contribution in [0.15, 0.2) is 6.33 Å². The summed E-state index contributed by atoms with van der Waals surface area (Å²) in [4.78, 5) is 3.92. The first-order valence-corrected chi connectivity index (χ1v) is 5.16. The Balaban J connectivity index is 2.44. The van der Waals surface area contributed by atoms with E-state index in [1.807, 2.05) is 13.8 Å². The Hall–Kier alpha value is -1.15. The number of aliphatic hydroxyl groups excluding tert-OH is 1. The summed E-state index contributed by atoms with van der Waals surface area (Å²) >= 11 is 0. The maximum atomic E-state index is 12.0. The zero-order chi connectivity index (χ0) is 13.1. The first-order chi connectivity index (χ1) is 7.82. The minimum atomic E-state index is -4.60. The Kier molecular flexibility index (Phi) is 4.47. The molecule has 0 saturated heterocycles. The average Bonchev–Trinajstić information content (AvgIpc) is 2.64. The molecule has 17 heavy (non-hydrogen) atoms. The van der Waals surface area contributed by atoms with Crippen LogP contribution in [0.5, 0.6) is 0 Å². The predicted molar refractivity (Wildman–Crippen MR) is 54.2 cm³/mol. The van der Waals surface area contributed by atoms with Gasteiger partial charge >= 0.3 is 6.18 Å². The molecule has 98 valence electrons. The number of halogens is 3. The van der Waals surface area contributed by atoms with Crippen LogP contribution in [-0.4, -0.2) is 38.7 Å². The second-order valence-electron chi connectivity index (χ2n) is 3.90. The number of hydrogen-bond donors (Lipinski definition) is 2. The molecule has 0 spiro atoms. The van der Waals surface area contributed by atoms with E-state index in [0.29, 0.717) is 5.82 Å². The zero-order valence-electron chi connectivity index (χ0n) is 9.57. The fourth-order valence-electron chi connectivity index (χ4n) is 1.27. The normalized spacial score (nSPS) is 14.3. The molecule has 1 rings (SSSR count). The topological polar surface area (TPSA) is 63.0 Å². The van der Waals surface area contributed by atoms with E-state index >= 15 is 0 Å². The lowest BCUT2D eigenvalue weighted by molar-refractivity contribution is -0.201. The molecule has 0 radical (unpaired) electrons. The van der Waals surface area contributed by atoms with Gasteiger partial charge in [0, 0.05) is 12.6 Å². The lowest BCUT2D eigenvalue weighted by atomic mass is 10.3. The van der Waals surface area contributed by atoms with Gasteiger partial charge in [0.1, 0.15) is 12.2 Å². The third-order valence-electron chi connectivity index (χ3n) is 2.14. The first kappa shape index (κ1) is 13.9. The van der Waals surface area contributed by atoms with E-state index in [1.165, 1.54) is 6.33 Å². The van der Waals surface area contributed by atoms with Gasteiger partial charge in [-0.05, 0) is 13.8 Å². The van der Waals surface area contributed by atoms with Gasteiger partial charge in [-0.3, -0.25) is 0 Å². The number of alkyl halides is 3. The van der Waals surface area contributed by atoms with Crippen molar-refractivity contribution in [3.05, 3.63) is 12.2 Å². The van der Waals surface area contributed by atoms with Crippen molar-refractivity contribution in [1.29, 1.82) is 0 Å². The SMILES string of the molecule is CC(C)n1ncnc1CNCC(O)C(F)(F)F. The van der Waals surface area contributed by atoms with Crippen molar-refractivity contribution >= 4 is 0 Å². The Morgan fingerprint density at radius 1 is 1.47 bits per heavy atom. The minimum absolute atomic E-state index is 0.0850. The standard InChI is InChI=1S/C9H15F3N4O/c1-6(2)16-8(14-5-15-16)4-13-3-7(17)9(10,11)12/h5-7,13,17H,3-4H2,1-2H3. The van der Waals surface area contributed by atoms with Crippen molar-refractivity contribution in [1.82, 2.24) is 20.1 Å². The van der Waals surface area contributed by atoms with E-state index in [0.717, 1.165) is 0 Å². The zero-order valence-corrected chi connectivity index (χ0v) is 9.57. The number of aliphatic hydroxyl groups is 1. The Morgan fingerprint density at radius 2 is 2.12 bits per heavy atom. The van der Waals surface area contributed by atoms with Crippen LogP contribution < -0.4 is 5.32 Å². The molecule has 1 aromatic rings. The van der Waals surface area contributed by atoms with Gasteiger partial charge in [-0.25, -0.2) is 9.67 Å². The average molecular weight is 252 g/mol. The molecule has 1 atom stereocenters. The van der Waals surface area contributed by atoms with Crippen LogP contribution in [0.25, 0.3) is 0 Å². The molecule has 0 fully saturated rings. The molecular weight excluding hydrogens is 237 g/mol. The molecule has 0 aliphatic carbocycles. The minimum Gasteiger partial charge on any atom is -0.382 e. The number of rotatable bonds is 5. The highest BCUT2D eigenvalue weighted by Gasteiger charge is 2.37. The molecule has 0 bridgehead atoms. The Labute approximate surface area is 96.7 Å². The van der Waals surface area contributed by atoms with Crippen molar-refractivity contribution < 1.29 is 18.3 Å². The second kappa shape index (κ2) is 5.46. The highest BCUT2D eigenvalue weighted by Crippen LogP contribution is 2.19. The summed E-state index contributed by atoms with van der Waals surface area (Å²) in [6.45, 7) is 3.35. The lowest BCUT2D eigenvalue weighted by Gasteiger charge is -2.15. The van der Waals surface area contributed by atoms with Crippen molar-refractivity contribution in [2.24, 2.45) is 0 Å². The van der Waals surface area contributed by atoms with E-state index in [2.05, 4.69) is 15.4 Å².